The third-order valence-electron chi connectivity index (χ3n) is 6.25. The van der Waals surface area contributed by atoms with Gasteiger partial charge in [-0.2, -0.15) is 0 Å². The van der Waals surface area contributed by atoms with Crippen LogP contribution in [0, 0.1) is 5.92 Å². The van der Waals surface area contributed by atoms with Crippen molar-refractivity contribution in [3.05, 3.63) is 33.8 Å². The standard InChI is InChI=1S/C22H32Cl2N4O2/c1-26(2)9-5-16-6-10-27(11-7-16)18-8-12-28(15-18)21(29)14-25-22(30)17-3-4-19(23)20(24)13-17/h3-4,13,16,18H,5-12,14-15H2,1-2H3,(H,25,30). The van der Waals surface area contributed by atoms with Crippen molar-refractivity contribution in [1.82, 2.24) is 20.0 Å². The molecule has 2 heterocycles. The molecule has 1 aromatic rings. The van der Waals surface area contributed by atoms with Gasteiger partial charge in [0, 0.05) is 24.7 Å². The van der Waals surface area contributed by atoms with E-state index in [2.05, 4.69) is 29.2 Å². The minimum atomic E-state index is -0.322. The lowest BCUT2D eigenvalue weighted by Crippen LogP contribution is -2.45. The first kappa shape index (κ1) is 23.3. The number of hydrogen-bond acceptors (Lipinski definition) is 4. The van der Waals surface area contributed by atoms with Crippen LogP contribution in [0.4, 0.5) is 0 Å². The molecule has 2 saturated heterocycles. The topological polar surface area (TPSA) is 55.9 Å². The molecule has 2 amide bonds. The number of likely N-dealkylation sites (tertiary alicyclic amines) is 2. The molecular formula is C22H32Cl2N4O2. The van der Waals surface area contributed by atoms with Crippen molar-refractivity contribution in [1.29, 1.82) is 0 Å². The molecule has 3 rings (SSSR count). The van der Waals surface area contributed by atoms with Crippen LogP contribution in [0.5, 0.6) is 0 Å². The maximum absolute atomic E-state index is 12.6. The van der Waals surface area contributed by atoms with Gasteiger partial charge in [0.2, 0.25) is 5.91 Å². The zero-order valence-corrected chi connectivity index (χ0v) is 19.4. The Morgan fingerprint density at radius 3 is 2.50 bits per heavy atom. The Kier molecular flexibility index (Phi) is 8.40. The molecule has 1 aromatic carbocycles. The van der Waals surface area contributed by atoms with Gasteiger partial charge in [0.1, 0.15) is 0 Å². The predicted octanol–water partition coefficient (Wildman–Crippen LogP) is 2.99. The highest BCUT2D eigenvalue weighted by molar-refractivity contribution is 6.42. The summed E-state index contributed by atoms with van der Waals surface area (Å²) >= 11 is 11.8. The lowest BCUT2D eigenvalue weighted by Gasteiger charge is -2.36. The van der Waals surface area contributed by atoms with E-state index < -0.39 is 0 Å². The minimum absolute atomic E-state index is 0.00158. The molecule has 8 heteroatoms. The maximum atomic E-state index is 12.6. The number of halogens is 2. The summed E-state index contributed by atoms with van der Waals surface area (Å²) in [6.07, 6.45) is 4.78. The number of nitrogens with one attached hydrogen (secondary N) is 1. The van der Waals surface area contributed by atoms with Crippen LogP contribution in [0.15, 0.2) is 18.2 Å². The molecule has 1 N–H and O–H groups in total. The summed E-state index contributed by atoms with van der Waals surface area (Å²) in [5.41, 5.74) is 0.397. The Balaban J connectivity index is 1.40. The first-order chi connectivity index (χ1) is 14.3. The number of carbonyl (C=O) groups is 2. The van der Waals surface area contributed by atoms with Gasteiger partial charge in [0.05, 0.1) is 16.6 Å². The van der Waals surface area contributed by atoms with Gasteiger partial charge >= 0.3 is 0 Å². The molecule has 2 aliphatic rings. The van der Waals surface area contributed by atoms with Gasteiger partial charge in [-0.05, 0) is 83.5 Å². The molecule has 6 nitrogen and oxygen atoms in total. The van der Waals surface area contributed by atoms with Crippen LogP contribution in [0.25, 0.3) is 0 Å². The Bertz CT molecular complexity index is 751. The van der Waals surface area contributed by atoms with Crippen LogP contribution >= 0.6 is 23.2 Å². The van der Waals surface area contributed by atoms with Gasteiger partial charge in [0.25, 0.3) is 5.91 Å². The summed E-state index contributed by atoms with van der Waals surface area (Å²) in [6, 6.07) is 5.13. The fourth-order valence-corrected chi connectivity index (χ4v) is 4.62. The highest BCUT2D eigenvalue weighted by atomic mass is 35.5. The highest BCUT2D eigenvalue weighted by Gasteiger charge is 2.32. The number of piperidine rings is 1. The smallest absolute Gasteiger partial charge is 0.251 e. The fourth-order valence-electron chi connectivity index (χ4n) is 4.32. The van der Waals surface area contributed by atoms with Gasteiger partial charge in [-0.1, -0.05) is 23.2 Å². The Labute approximate surface area is 189 Å². The quantitative estimate of drug-likeness (QED) is 0.687. The molecule has 0 bridgehead atoms. The Morgan fingerprint density at radius 1 is 1.10 bits per heavy atom. The number of carbonyl (C=O) groups excluding carboxylic acids is 2. The van der Waals surface area contributed by atoms with Crippen molar-refractivity contribution >= 4 is 35.0 Å². The van der Waals surface area contributed by atoms with E-state index in [0.29, 0.717) is 21.7 Å². The van der Waals surface area contributed by atoms with E-state index in [1.54, 1.807) is 12.1 Å². The van der Waals surface area contributed by atoms with Crippen LogP contribution in [0.2, 0.25) is 10.0 Å². The van der Waals surface area contributed by atoms with Crippen LogP contribution in [-0.2, 0) is 4.79 Å². The molecule has 0 radical (unpaired) electrons. The first-order valence-electron chi connectivity index (χ1n) is 10.7. The van der Waals surface area contributed by atoms with Gasteiger partial charge < -0.3 is 15.1 Å². The Hall–Kier alpha value is -1.34. The van der Waals surface area contributed by atoms with Crippen molar-refractivity contribution in [3.63, 3.8) is 0 Å². The number of rotatable bonds is 7. The zero-order chi connectivity index (χ0) is 21.7. The van der Waals surface area contributed by atoms with E-state index in [1.165, 1.54) is 25.3 Å². The average molecular weight is 455 g/mol. The third-order valence-corrected chi connectivity index (χ3v) is 6.99. The van der Waals surface area contributed by atoms with Crippen molar-refractivity contribution in [2.24, 2.45) is 5.92 Å². The number of hydrogen-bond donors (Lipinski definition) is 1. The third kappa shape index (κ3) is 6.33. The molecule has 30 heavy (non-hydrogen) atoms. The minimum Gasteiger partial charge on any atom is -0.343 e. The van der Waals surface area contributed by atoms with Gasteiger partial charge in [-0.25, -0.2) is 0 Å². The molecule has 0 spiro atoms. The lowest BCUT2D eigenvalue weighted by atomic mass is 9.92. The van der Waals surface area contributed by atoms with Crippen molar-refractivity contribution in [2.45, 2.75) is 31.7 Å². The van der Waals surface area contributed by atoms with Crippen LogP contribution in [-0.4, -0.2) is 85.9 Å². The second kappa shape index (κ2) is 10.8. The van der Waals surface area contributed by atoms with Crippen LogP contribution in [0.3, 0.4) is 0 Å². The van der Waals surface area contributed by atoms with E-state index in [9.17, 15) is 9.59 Å². The molecule has 0 saturated carbocycles. The highest BCUT2D eigenvalue weighted by Crippen LogP contribution is 2.25. The zero-order valence-electron chi connectivity index (χ0n) is 17.9. The lowest BCUT2D eigenvalue weighted by molar-refractivity contribution is -0.129. The SMILES string of the molecule is CN(C)CCC1CCN(C2CCN(C(=O)CNC(=O)c3ccc(Cl)c(Cl)c3)C2)CC1. The van der Waals surface area contributed by atoms with Crippen LogP contribution in [0.1, 0.15) is 36.0 Å². The second-order valence-electron chi connectivity index (χ2n) is 8.67. The van der Waals surface area contributed by atoms with Crippen molar-refractivity contribution in [3.8, 4) is 0 Å². The molecule has 0 aromatic heterocycles. The normalized spacial score (nSPS) is 20.7. The summed E-state index contributed by atoms with van der Waals surface area (Å²) in [5, 5.41) is 3.42. The van der Waals surface area contributed by atoms with E-state index in [4.69, 9.17) is 23.2 Å². The van der Waals surface area contributed by atoms with E-state index in [1.807, 2.05) is 4.90 Å². The summed E-state index contributed by atoms with van der Waals surface area (Å²) < 4.78 is 0. The van der Waals surface area contributed by atoms with E-state index >= 15 is 0 Å². The molecule has 166 valence electrons. The number of amides is 2. The van der Waals surface area contributed by atoms with Crippen LogP contribution < -0.4 is 5.32 Å². The molecule has 1 unspecified atom stereocenters. The molecule has 0 aliphatic carbocycles. The predicted molar refractivity (Wildman–Crippen MR) is 121 cm³/mol. The fraction of sp³-hybridized carbons (Fsp3) is 0.636. The van der Waals surface area contributed by atoms with Gasteiger partial charge in [0.15, 0.2) is 0 Å². The first-order valence-corrected chi connectivity index (χ1v) is 11.5. The van der Waals surface area contributed by atoms with E-state index in [-0.39, 0.29) is 18.4 Å². The molecule has 2 aliphatic heterocycles. The number of nitrogens with zero attached hydrogens (tertiary/aromatic N) is 3. The summed E-state index contributed by atoms with van der Waals surface area (Å²) in [5.74, 6) is 0.462. The van der Waals surface area contributed by atoms with Gasteiger partial charge in [-0.3, -0.25) is 14.5 Å². The van der Waals surface area contributed by atoms with Crippen molar-refractivity contribution in [2.75, 3.05) is 53.4 Å². The molecular weight excluding hydrogens is 423 g/mol. The summed E-state index contributed by atoms with van der Waals surface area (Å²) in [7, 11) is 4.26. The number of benzene rings is 1. The monoisotopic (exact) mass is 454 g/mol. The van der Waals surface area contributed by atoms with Crippen molar-refractivity contribution < 1.29 is 9.59 Å². The Morgan fingerprint density at radius 2 is 1.83 bits per heavy atom. The second-order valence-corrected chi connectivity index (χ2v) is 9.48. The molecule has 2 fully saturated rings. The average Bonchev–Trinajstić information content (AvgIpc) is 3.23. The maximum Gasteiger partial charge on any atom is 0.251 e. The molecule has 1 atom stereocenters. The summed E-state index contributed by atoms with van der Waals surface area (Å²) in [6.45, 7) is 4.91. The largest absolute Gasteiger partial charge is 0.343 e. The van der Waals surface area contributed by atoms with Gasteiger partial charge in [-0.15, -0.1) is 0 Å². The van der Waals surface area contributed by atoms with E-state index in [0.717, 1.165) is 45.1 Å². The summed E-state index contributed by atoms with van der Waals surface area (Å²) in [4.78, 5) is 31.5.